The van der Waals surface area contributed by atoms with Crippen molar-refractivity contribution >= 4 is 6.09 Å². The maximum Gasteiger partial charge on any atom is 0.410 e. The Hall–Kier alpha value is -1.88. The summed E-state index contributed by atoms with van der Waals surface area (Å²) in [4.78, 5) is 18.0. The van der Waals surface area contributed by atoms with Crippen LogP contribution < -0.4 is 5.32 Å². The summed E-state index contributed by atoms with van der Waals surface area (Å²) in [6.07, 6.45) is 4.68. The standard InChI is InChI=1S/C18H27N3O2/c1-14-5-6-16(13-20-14)12-19-11-15-7-9-21(10-8-15)17(22)23-18(2,3)4/h5-7,13,19H,8-12H2,1-4H3. The van der Waals surface area contributed by atoms with Crippen molar-refractivity contribution in [1.29, 1.82) is 0 Å². The molecule has 0 fully saturated rings. The number of rotatable bonds is 4. The Labute approximate surface area is 138 Å². The van der Waals surface area contributed by atoms with E-state index in [0.717, 1.165) is 25.2 Å². The third-order valence-electron chi connectivity index (χ3n) is 3.61. The van der Waals surface area contributed by atoms with Crippen LogP contribution in [0.3, 0.4) is 0 Å². The minimum absolute atomic E-state index is 0.230. The Balaban J connectivity index is 1.74. The highest BCUT2D eigenvalue weighted by molar-refractivity contribution is 5.68. The number of amides is 1. The van der Waals surface area contributed by atoms with Gasteiger partial charge < -0.3 is 15.0 Å². The van der Waals surface area contributed by atoms with Crippen molar-refractivity contribution in [3.8, 4) is 0 Å². The van der Waals surface area contributed by atoms with Crippen LogP contribution in [0.4, 0.5) is 4.79 Å². The highest BCUT2D eigenvalue weighted by Crippen LogP contribution is 2.15. The van der Waals surface area contributed by atoms with Crippen molar-refractivity contribution in [2.75, 3.05) is 19.6 Å². The lowest BCUT2D eigenvalue weighted by atomic mass is 10.1. The van der Waals surface area contributed by atoms with E-state index in [9.17, 15) is 4.79 Å². The summed E-state index contributed by atoms with van der Waals surface area (Å²) >= 11 is 0. The molecule has 0 aromatic carbocycles. The number of hydrogen-bond donors (Lipinski definition) is 1. The average Bonchev–Trinajstić information content (AvgIpc) is 2.48. The molecule has 0 saturated heterocycles. The Bertz CT molecular complexity index is 559. The third kappa shape index (κ3) is 6.02. The van der Waals surface area contributed by atoms with Crippen LogP contribution in [0, 0.1) is 6.92 Å². The molecule has 126 valence electrons. The summed E-state index contributed by atoms with van der Waals surface area (Å²) in [6.45, 7) is 10.6. The van der Waals surface area contributed by atoms with E-state index in [0.29, 0.717) is 13.1 Å². The van der Waals surface area contributed by atoms with Crippen molar-refractivity contribution in [3.05, 3.63) is 41.2 Å². The van der Waals surface area contributed by atoms with E-state index in [-0.39, 0.29) is 6.09 Å². The molecule has 1 amide bonds. The third-order valence-corrected chi connectivity index (χ3v) is 3.61. The molecule has 1 aromatic heterocycles. The molecule has 23 heavy (non-hydrogen) atoms. The van der Waals surface area contributed by atoms with Crippen molar-refractivity contribution in [2.45, 2.75) is 46.3 Å². The average molecular weight is 317 g/mol. The molecule has 0 unspecified atom stereocenters. The van der Waals surface area contributed by atoms with E-state index in [1.165, 1.54) is 11.1 Å². The molecule has 0 atom stereocenters. The summed E-state index contributed by atoms with van der Waals surface area (Å²) in [5, 5.41) is 3.43. The molecule has 5 heteroatoms. The first-order chi connectivity index (χ1) is 10.8. The summed E-state index contributed by atoms with van der Waals surface area (Å²) in [7, 11) is 0. The van der Waals surface area contributed by atoms with Crippen LogP contribution in [-0.4, -0.2) is 41.2 Å². The van der Waals surface area contributed by atoms with Crippen molar-refractivity contribution < 1.29 is 9.53 Å². The van der Waals surface area contributed by atoms with E-state index in [2.05, 4.69) is 22.4 Å². The van der Waals surface area contributed by atoms with Gasteiger partial charge in [0.1, 0.15) is 5.60 Å². The quantitative estimate of drug-likeness (QED) is 0.867. The van der Waals surface area contributed by atoms with Gasteiger partial charge in [-0.15, -0.1) is 0 Å². The molecule has 2 heterocycles. The molecule has 1 N–H and O–H groups in total. The zero-order valence-corrected chi connectivity index (χ0v) is 14.6. The SMILES string of the molecule is Cc1ccc(CNCC2=CCN(C(=O)OC(C)(C)C)CC2)cn1. The van der Waals surface area contributed by atoms with Gasteiger partial charge in [-0.2, -0.15) is 0 Å². The van der Waals surface area contributed by atoms with Gasteiger partial charge in [-0.05, 0) is 45.7 Å². The van der Waals surface area contributed by atoms with Crippen LogP contribution >= 0.6 is 0 Å². The van der Waals surface area contributed by atoms with E-state index in [4.69, 9.17) is 4.74 Å². The topological polar surface area (TPSA) is 54.5 Å². The van der Waals surface area contributed by atoms with Gasteiger partial charge >= 0.3 is 6.09 Å². The monoisotopic (exact) mass is 317 g/mol. The summed E-state index contributed by atoms with van der Waals surface area (Å²) in [6, 6.07) is 4.12. The first-order valence-corrected chi connectivity index (χ1v) is 8.11. The molecule has 1 aliphatic heterocycles. The second kappa shape index (κ2) is 7.59. The second-order valence-electron chi connectivity index (χ2n) is 6.95. The molecule has 0 spiro atoms. The molecule has 0 saturated carbocycles. The first-order valence-electron chi connectivity index (χ1n) is 8.11. The Morgan fingerprint density at radius 3 is 2.70 bits per heavy atom. The van der Waals surface area contributed by atoms with Gasteiger partial charge in [-0.25, -0.2) is 4.79 Å². The number of pyridine rings is 1. The number of hydrogen-bond acceptors (Lipinski definition) is 4. The van der Waals surface area contributed by atoms with Crippen LogP contribution in [-0.2, 0) is 11.3 Å². The summed E-state index contributed by atoms with van der Waals surface area (Å²) in [5.74, 6) is 0. The smallest absolute Gasteiger partial charge is 0.410 e. The molecule has 1 aliphatic rings. The highest BCUT2D eigenvalue weighted by atomic mass is 16.6. The van der Waals surface area contributed by atoms with Gasteiger partial charge in [0.2, 0.25) is 0 Å². The van der Waals surface area contributed by atoms with E-state index in [1.807, 2.05) is 40.0 Å². The van der Waals surface area contributed by atoms with Gasteiger partial charge in [-0.3, -0.25) is 4.98 Å². The van der Waals surface area contributed by atoms with Crippen LogP contribution in [0.1, 0.15) is 38.4 Å². The maximum absolute atomic E-state index is 12.0. The van der Waals surface area contributed by atoms with E-state index in [1.54, 1.807) is 4.90 Å². The van der Waals surface area contributed by atoms with Crippen LogP contribution in [0.2, 0.25) is 0 Å². The molecule has 5 nitrogen and oxygen atoms in total. The number of ether oxygens (including phenoxy) is 1. The summed E-state index contributed by atoms with van der Waals surface area (Å²) < 4.78 is 5.40. The minimum Gasteiger partial charge on any atom is -0.444 e. The predicted molar refractivity (Wildman–Crippen MR) is 91.2 cm³/mol. The maximum atomic E-state index is 12.0. The molecule has 0 bridgehead atoms. The zero-order chi connectivity index (χ0) is 16.9. The number of nitrogens with one attached hydrogen (secondary N) is 1. The van der Waals surface area contributed by atoms with Crippen LogP contribution in [0.5, 0.6) is 0 Å². The Morgan fingerprint density at radius 1 is 1.35 bits per heavy atom. The first kappa shape index (κ1) is 17.5. The molecular weight excluding hydrogens is 290 g/mol. The van der Waals surface area contributed by atoms with Gasteiger partial charge in [0.15, 0.2) is 0 Å². The van der Waals surface area contributed by atoms with Crippen molar-refractivity contribution in [2.24, 2.45) is 0 Å². The van der Waals surface area contributed by atoms with E-state index < -0.39 is 5.60 Å². The van der Waals surface area contributed by atoms with Crippen molar-refractivity contribution in [3.63, 3.8) is 0 Å². The number of carbonyl (C=O) groups excluding carboxylic acids is 1. The molecular formula is C18H27N3O2. The van der Waals surface area contributed by atoms with Gasteiger partial charge in [0.05, 0.1) is 0 Å². The molecule has 0 aliphatic carbocycles. The Kier molecular flexibility index (Phi) is 5.77. The zero-order valence-electron chi connectivity index (χ0n) is 14.6. The number of carbonyl (C=O) groups is 1. The lowest BCUT2D eigenvalue weighted by Crippen LogP contribution is -2.39. The van der Waals surface area contributed by atoms with Gasteiger partial charge in [-0.1, -0.05) is 17.7 Å². The molecule has 1 aromatic rings. The summed E-state index contributed by atoms with van der Waals surface area (Å²) in [5.41, 5.74) is 3.11. The van der Waals surface area contributed by atoms with Gasteiger partial charge in [0.25, 0.3) is 0 Å². The predicted octanol–water partition coefficient (Wildman–Crippen LogP) is 3.05. The largest absolute Gasteiger partial charge is 0.444 e. The second-order valence-corrected chi connectivity index (χ2v) is 6.95. The lowest BCUT2D eigenvalue weighted by Gasteiger charge is -2.29. The minimum atomic E-state index is -0.440. The number of aryl methyl sites for hydroxylation is 1. The van der Waals surface area contributed by atoms with Gasteiger partial charge in [0, 0.05) is 38.1 Å². The van der Waals surface area contributed by atoms with Crippen LogP contribution in [0.15, 0.2) is 30.0 Å². The fraction of sp³-hybridized carbons (Fsp3) is 0.556. The lowest BCUT2D eigenvalue weighted by molar-refractivity contribution is 0.0265. The fourth-order valence-corrected chi connectivity index (χ4v) is 2.33. The molecule has 2 rings (SSSR count). The highest BCUT2D eigenvalue weighted by Gasteiger charge is 2.23. The molecule has 0 radical (unpaired) electrons. The van der Waals surface area contributed by atoms with Crippen molar-refractivity contribution in [1.82, 2.24) is 15.2 Å². The van der Waals surface area contributed by atoms with Crippen LogP contribution in [0.25, 0.3) is 0 Å². The number of nitrogens with zero attached hydrogens (tertiary/aromatic N) is 2. The number of aromatic nitrogens is 1. The fourth-order valence-electron chi connectivity index (χ4n) is 2.33. The Morgan fingerprint density at radius 2 is 2.13 bits per heavy atom. The van der Waals surface area contributed by atoms with E-state index >= 15 is 0 Å². The normalized spacial score (nSPS) is 15.3.